The summed E-state index contributed by atoms with van der Waals surface area (Å²) in [5.74, 6) is 5.56. The summed E-state index contributed by atoms with van der Waals surface area (Å²) in [6.07, 6.45) is 1.26. The third-order valence-corrected chi connectivity index (χ3v) is 3.37. The molecular formula is C10H18N4O2S. The highest BCUT2D eigenvalue weighted by Crippen LogP contribution is 2.14. The highest BCUT2D eigenvalue weighted by atomic mass is 32.2. The van der Waals surface area contributed by atoms with Gasteiger partial charge < -0.3 is 5.43 Å². The highest BCUT2D eigenvalue weighted by Gasteiger charge is 2.18. The summed E-state index contributed by atoms with van der Waals surface area (Å²) in [6.45, 7) is 6.23. The van der Waals surface area contributed by atoms with Gasteiger partial charge in [-0.3, -0.25) is 0 Å². The number of nitrogen functional groups attached to an aromatic ring is 1. The summed E-state index contributed by atoms with van der Waals surface area (Å²) in [5.41, 5.74) is 2.22. The number of sulfonamides is 1. The minimum atomic E-state index is -3.50. The molecule has 0 aliphatic carbocycles. The Balaban J connectivity index is 2.82. The minimum Gasteiger partial charge on any atom is -0.308 e. The Labute approximate surface area is 102 Å². The van der Waals surface area contributed by atoms with Gasteiger partial charge in [0.25, 0.3) is 0 Å². The van der Waals surface area contributed by atoms with Crippen molar-refractivity contribution < 1.29 is 8.42 Å². The molecule has 0 aromatic carbocycles. The first-order valence-electron chi connectivity index (χ1n) is 5.17. The molecule has 0 saturated heterocycles. The molecule has 0 radical (unpaired) electrons. The summed E-state index contributed by atoms with van der Waals surface area (Å²) in [4.78, 5) is 3.98. The maximum Gasteiger partial charge on any atom is 0.242 e. The predicted molar refractivity (Wildman–Crippen MR) is 66.7 cm³/mol. The molecule has 0 saturated carbocycles. The molecule has 0 spiro atoms. The molecule has 1 heterocycles. The van der Waals surface area contributed by atoms with Crippen LogP contribution in [0.5, 0.6) is 0 Å². The van der Waals surface area contributed by atoms with Crippen LogP contribution in [0.1, 0.15) is 20.8 Å². The second kappa shape index (κ2) is 4.99. The van der Waals surface area contributed by atoms with E-state index in [2.05, 4.69) is 15.1 Å². The number of hydrazine groups is 1. The third kappa shape index (κ3) is 4.29. The molecular weight excluding hydrogens is 240 g/mol. The molecule has 0 bridgehead atoms. The average molecular weight is 258 g/mol. The van der Waals surface area contributed by atoms with Gasteiger partial charge >= 0.3 is 0 Å². The van der Waals surface area contributed by atoms with Crippen LogP contribution < -0.4 is 16.0 Å². The molecule has 0 unspecified atom stereocenters. The normalized spacial score (nSPS) is 12.5. The molecule has 0 amide bonds. The van der Waals surface area contributed by atoms with Gasteiger partial charge in [0.05, 0.1) is 0 Å². The number of hydrogen-bond donors (Lipinski definition) is 3. The van der Waals surface area contributed by atoms with Crippen molar-refractivity contribution in [2.24, 2.45) is 11.3 Å². The van der Waals surface area contributed by atoms with Gasteiger partial charge in [-0.1, -0.05) is 20.8 Å². The van der Waals surface area contributed by atoms with E-state index >= 15 is 0 Å². The molecule has 6 nitrogen and oxygen atoms in total. The van der Waals surface area contributed by atoms with E-state index in [0.29, 0.717) is 12.4 Å². The number of nitrogens with one attached hydrogen (secondary N) is 2. The maximum atomic E-state index is 11.9. The predicted octanol–water partition coefficient (Wildman–Crippen LogP) is 0.692. The lowest BCUT2D eigenvalue weighted by molar-refractivity contribution is 0.407. The Morgan fingerprint density at radius 2 is 2.00 bits per heavy atom. The van der Waals surface area contributed by atoms with Crippen LogP contribution in [0.3, 0.4) is 0 Å². The maximum absolute atomic E-state index is 11.9. The van der Waals surface area contributed by atoms with Crippen molar-refractivity contribution in [3.8, 4) is 0 Å². The summed E-state index contributed by atoms with van der Waals surface area (Å²) >= 11 is 0. The molecule has 1 aromatic rings. The van der Waals surface area contributed by atoms with E-state index < -0.39 is 10.0 Å². The Morgan fingerprint density at radius 3 is 2.41 bits per heavy atom. The number of rotatable bonds is 4. The lowest BCUT2D eigenvalue weighted by Gasteiger charge is -2.18. The molecule has 0 aliphatic heterocycles. The van der Waals surface area contributed by atoms with Crippen LogP contribution >= 0.6 is 0 Å². The van der Waals surface area contributed by atoms with Crippen molar-refractivity contribution in [3.05, 3.63) is 18.3 Å². The van der Waals surface area contributed by atoms with Gasteiger partial charge in [0.2, 0.25) is 10.0 Å². The van der Waals surface area contributed by atoms with Crippen molar-refractivity contribution >= 4 is 15.8 Å². The second-order valence-corrected chi connectivity index (χ2v) is 6.68. The Bertz CT molecular complexity index is 462. The molecule has 1 aromatic heterocycles. The van der Waals surface area contributed by atoms with E-state index in [9.17, 15) is 8.42 Å². The largest absolute Gasteiger partial charge is 0.308 e. The lowest BCUT2D eigenvalue weighted by Crippen LogP contribution is -2.32. The molecule has 17 heavy (non-hydrogen) atoms. The van der Waals surface area contributed by atoms with Gasteiger partial charge in [-0.05, 0) is 17.5 Å². The second-order valence-electron chi connectivity index (χ2n) is 4.91. The zero-order chi connectivity index (χ0) is 13.1. The highest BCUT2D eigenvalue weighted by molar-refractivity contribution is 7.89. The fourth-order valence-corrected chi connectivity index (χ4v) is 2.25. The van der Waals surface area contributed by atoms with Crippen molar-refractivity contribution in [2.75, 3.05) is 12.0 Å². The summed E-state index contributed by atoms with van der Waals surface area (Å²) < 4.78 is 26.3. The van der Waals surface area contributed by atoms with Crippen molar-refractivity contribution in [3.63, 3.8) is 0 Å². The Hall–Kier alpha value is -1.18. The van der Waals surface area contributed by atoms with E-state index in [1.165, 1.54) is 18.3 Å². The minimum absolute atomic E-state index is 0.112. The van der Waals surface area contributed by atoms with Crippen molar-refractivity contribution in [1.82, 2.24) is 9.71 Å². The quantitative estimate of drug-likeness (QED) is 0.545. The van der Waals surface area contributed by atoms with Gasteiger partial charge in [0.15, 0.2) is 0 Å². The van der Waals surface area contributed by atoms with Crippen LogP contribution in [0.4, 0.5) is 5.82 Å². The van der Waals surface area contributed by atoms with Crippen molar-refractivity contribution in [1.29, 1.82) is 0 Å². The fourth-order valence-electron chi connectivity index (χ4n) is 1.02. The van der Waals surface area contributed by atoms with Gasteiger partial charge in [-0.25, -0.2) is 24.0 Å². The van der Waals surface area contributed by atoms with Gasteiger partial charge in [0, 0.05) is 12.7 Å². The van der Waals surface area contributed by atoms with E-state index in [4.69, 9.17) is 5.84 Å². The topological polar surface area (TPSA) is 97.1 Å². The number of nitrogens with two attached hydrogens (primary N) is 1. The van der Waals surface area contributed by atoms with Crippen LogP contribution in [-0.4, -0.2) is 19.9 Å². The lowest BCUT2D eigenvalue weighted by atomic mass is 9.98. The Kier molecular flexibility index (Phi) is 4.07. The van der Waals surface area contributed by atoms with E-state index in [0.717, 1.165) is 0 Å². The first-order chi connectivity index (χ1) is 7.74. The van der Waals surface area contributed by atoms with E-state index in [1.807, 2.05) is 20.8 Å². The fraction of sp³-hybridized carbons (Fsp3) is 0.500. The first kappa shape index (κ1) is 13.9. The smallest absolute Gasteiger partial charge is 0.242 e. The molecule has 4 N–H and O–H groups in total. The number of aromatic nitrogens is 1. The van der Waals surface area contributed by atoms with Gasteiger partial charge in [-0.2, -0.15) is 0 Å². The van der Waals surface area contributed by atoms with Gasteiger partial charge in [-0.15, -0.1) is 0 Å². The molecule has 96 valence electrons. The monoisotopic (exact) mass is 258 g/mol. The van der Waals surface area contributed by atoms with Crippen LogP contribution in [0, 0.1) is 5.41 Å². The zero-order valence-electron chi connectivity index (χ0n) is 10.2. The SMILES string of the molecule is CC(C)(C)CNS(=O)(=O)c1ccc(NN)nc1. The Morgan fingerprint density at radius 1 is 1.35 bits per heavy atom. The van der Waals surface area contributed by atoms with Crippen LogP contribution in [-0.2, 0) is 10.0 Å². The van der Waals surface area contributed by atoms with E-state index in [1.54, 1.807) is 0 Å². The number of nitrogens with zero attached hydrogens (tertiary/aromatic N) is 1. The zero-order valence-corrected chi connectivity index (χ0v) is 11.0. The van der Waals surface area contributed by atoms with Gasteiger partial charge in [0.1, 0.15) is 10.7 Å². The molecule has 0 aliphatic rings. The van der Waals surface area contributed by atoms with Crippen LogP contribution in [0.15, 0.2) is 23.2 Å². The van der Waals surface area contributed by atoms with Crippen molar-refractivity contribution in [2.45, 2.75) is 25.7 Å². The summed E-state index contributed by atoms with van der Waals surface area (Å²) in [7, 11) is -3.50. The molecule has 7 heteroatoms. The summed E-state index contributed by atoms with van der Waals surface area (Å²) in [5, 5.41) is 0. The first-order valence-corrected chi connectivity index (χ1v) is 6.65. The van der Waals surface area contributed by atoms with E-state index in [-0.39, 0.29) is 10.3 Å². The van der Waals surface area contributed by atoms with Crippen LogP contribution in [0.2, 0.25) is 0 Å². The molecule has 0 atom stereocenters. The standard InChI is InChI=1S/C10H18N4O2S/c1-10(2,3)7-13-17(15,16)8-4-5-9(14-11)12-6-8/h4-6,13H,7,11H2,1-3H3,(H,12,14). The average Bonchev–Trinajstić information content (AvgIpc) is 2.26. The molecule has 0 fully saturated rings. The number of anilines is 1. The molecule has 1 rings (SSSR count). The number of pyridine rings is 1. The third-order valence-electron chi connectivity index (χ3n) is 1.99. The summed E-state index contributed by atoms with van der Waals surface area (Å²) in [6, 6.07) is 2.96. The number of hydrogen-bond acceptors (Lipinski definition) is 5. The van der Waals surface area contributed by atoms with Crippen LogP contribution in [0.25, 0.3) is 0 Å².